The number of thiazole rings is 1. The van der Waals surface area contributed by atoms with Gasteiger partial charge in [0.2, 0.25) is 5.91 Å². The van der Waals surface area contributed by atoms with Crippen LogP contribution in [-0.2, 0) is 11.2 Å². The molecular weight excluding hydrogens is 351 g/mol. The van der Waals surface area contributed by atoms with Crippen molar-refractivity contribution in [3.63, 3.8) is 0 Å². The van der Waals surface area contributed by atoms with Gasteiger partial charge in [-0.15, -0.1) is 11.3 Å². The normalized spacial score (nSPS) is 10.2. The summed E-state index contributed by atoms with van der Waals surface area (Å²) in [5, 5.41) is 15.0. The number of benzene rings is 2. The smallest absolute Gasteiger partial charge is 0.245 e. The third-order valence-electron chi connectivity index (χ3n) is 3.56. The Kier molecular flexibility index (Phi) is 5.56. The van der Waals surface area contributed by atoms with E-state index < -0.39 is 0 Å². The van der Waals surface area contributed by atoms with Crippen LogP contribution in [0, 0.1) is 17.1 Å². The summed E-state index contributed by atoms with van der Waals surface area (Å²) in [7, 11) is 0. The molecule has 0 atom stereocenters. The van der Waals surface area contributed by atoms with Gasteiger partial charge in [0, 0.05) is 23.2 Å². The summed E-state index contributed by atoms with van der Waals surface area (Å²) in [4.78, 5) is 17.2. The average molecular weight is 366 g/mol. The highest BCUT2D eigenvalue weighted by Crippen LogP contribution is 2.21. The van der Waals surface area contributed by atoms with Gasteiger partial charge in [0.15, 0.2) is 5.13 Å². The molecule has 3 rings (SSSR count). The second-order valence-corrected chi connectivity index (χ2v) is 6.64. The van der Waals surface area contributed by atoms with E-state index in [2.05, 4.69) is 15.6 Å². The highest BCUT2D eigenvalue weighted by molar-refractivity contribution is 7.15. The zero-order chi connectivity index (χ0) is 18.4. The molecule has 0 radical (unpaired) electrons. The van der Waals surface area contributed by atoms with E-state index >= 15 is 0 Å². The van der Waals surface area contributed by atoms with Gasteiger partial charge in [-0.25, -0.2) is 9.37 Å². The van der Waals surface area contributed by atoms with Crippen LogP contribution >= 0.6 is 11.3 Å². The summed E-state index contributed by atoms with van der Waals surface area (Å²) in [6.45, 7) is 0.0960. The summed E-state index contributed by atoms with van der Waals surface area (Å²) >= 11 is 1.39. The lowest BCUT2D eigenvalue weighted by molar-refractivity contribution is -0.114. The van der Waals surface area contributed by atoms with E-state index in [1.807, 2.05) is 6.07 Å². The van der Waals surface area contributed by atoms with Crippen LogP contribution in [0.2, 0.25) is 0 Å². The van der Waals surface area contributed by atoms with Crippen molar-refractivity contribution in [3.8, 4) is 6.07 Å². The molecule has 1 amide bonds. The number of aromatic nitrogens is 1. The highest BCUT2D eigenvalue weighted by atomic mass is 32.1. The Hall–Kier alpha value is -3.24. The Morgan fingerprint density at radius 3 is 2.58 bits per heavy atom. The summed E-state index contributed by atoms with van der Waals surface area (Å²) < 4.78 is 12.9. The molecule has 2 N–H and O–H groups in total. The fourth-order valence-electron chi connectivity index (χ4n) is 2.26. The summed E-state index contributed by atoms with van der Waals surface area (Å²) in [5.74, 6) is -0.474. The quantitative estimate of drug-likeness (QED) is 0.696. The molecule has 0 spiro atoms. The molecule has 0 aliphatic heterocycles. The SMILES string of the molecule is N#Cc1ccc(NCC(=O)Nc2ncc(Cc3ccc(F)cc3)s2)cc1. The van der Waals surface area contributed by atoms with Gasteiger partial charge in [-0.2, -0.15) is 5.26 Å². The van der Waals surface area contributed by atoms with E-state index in [-0.39, 0.29) is 18.3 Å². The van der Waals surface area contributed by atoms with Crippen molar-refractivity contribution in [2.75, 3.05) is 17.2 Å². The van der Waals surface area contributed by atoms with E-state index in [4.69, 9.17) is 5.26 Å². The van der Waals surface area contributed by atoms with Crippen molar-refractivity contribution < 1.29 is 9.18 Å². The monoisotopic (exact) mass is 366 g/mol. The molecule has 1 aromatic heterocycles. The van der Waals surface area contributed by atoms with Crippen LogP contribution in [0.1, 0.15) is 16.0 Å². The van der Waals surface area contributed by atoms with Crippen molar-refractivity contribution in [2.24, 2.45) is 0 Å². The van der Waals surface area contributed by atoms with Crippen LogP contribution in [0.5, 0.6) is 0 Å². The number of anilines is 2. The molecule has 1 heterocycles. The van der Waals surface area contributed by atoms with Crippen LogP contribution in [0.4, 0.5) is 15.2 Å². The maximum atomic E-state index is 12.9. The minimum atomic E-state index is -0.263. The standard InChI is InChI=1S/C19H15FN4OS/c20-15-5-1-13(2-6-15)9-17-11-23-19(26-17)24-18(25)12-22-16-7-3-14(10-21)4-8-16/h1-8,11,22H,9,12H2,(H,23,24,25). The fraction of sp³-hybridized carbons (Fsp3) is 0.105. The Balaban J connectivity index is 1.50. The second kappa shape index (κ2) is 8.23. The molecular formula is C19H15FN4OS. The predicted octanol–water partition coefficient (Wildman–Crippen LogP) is 3.80. The number of halogens is 1. The fourth-order valence-corrected chi connectivity index (χ4v) is 3.12. The van der Waals surface area contributed by atoms with Gasteiger partial charge < -0.3 is 10.6 Å². The van der Waals surface area contributed by atoms with Gasteiger partial charge in [0.05, 0.1) is 18.2 Å². The van der Waals surface area contributed by atoms with E-state index in [0.29, 0.717) is 17.1 Å². The number of hydrogen-bond donors (Lipinski definition) is 2. The lowest BCUT2D eigenvalue weighted by atomic mass is 10.1. The topological polar surface area (TPSA) is 77.8 Å². The number of rotatable bonds is 6. The lowest BCUT2D eigenvalue weighted by Crippen LogP contribution is -2.21. The molecule has 0 fully saturated rings. The van der Waals surface area contributed by atoms with E-state index in [1.54, 1.807) is 42.6 Å². The van der Waals surface area contributed by atoms with Crippen LogP contribution in [0.25, 0.3) is 0 Å². The van der Waals surface area contributed by atoms with Crippen LogP contribution < -0.4 is 10.6 Å². The zero-order valence-electron chi connectivity index (χ0n) is 13.7. The predicted molar refractivity (Wildman–Crippen MR) is 99.6 cm³/mol. The number of hydrogen-bond acceptors (Lipinski definition) is 5. The van der Waals surface area contributed by atoms with Crippen LogP contribution in [0.3, 0.4) is 0 Å². The van der Waals surface area contributed by atoms with Gasteiger partial charge in [-0.3, -0.25) is 4.79 Å². The van der Waals surface area contributed by atoms with E-state index in [9.17, 15) is 9.18 Å². The first kappa shape index (κ1) is 17.6. The minimum absolute atomic E-state index is 0.0960. The average Bonchev–Trinajstić information content (AvgIpc) is 3.09. The number of nitrogens with zero attached hydrogens (tertiary/aromatic N) is 2. The highest BCUT2D eigenvalue weighted by Gasteiger charge is 2.07. The minimum Gasteiger partial charge on any atom is -0.376 e. The molecule has 130 valence electrons. The third kappa shape index (κ3) is 4.88. The summed E-state index contributed by atoms with van der Waals surface area (Å²) in [5.41, 5.74) is 2.31. The molecule has 2 aromatic carbocycles. The molecule has 0 aliphatic rings. The van der Waals surface area contributed by atoms with E-state index in [0.717, 1.165) is 16.1 Å². The van der Waals surface area contributed by atoms with Crippen molar-refractivity contribution >= 4 is 28.1 Å². The van der Waals surface area contributed by atoms with Gasteiger partial charge in [-0.1, -0.05) is 12.1 Å². The van der Waals surface area contributed by atoms with Crippen molar-refractivity contribution in [3.05, 3.63) is 76.5 Å². The molecule has 3 aromatic rings. The number of nitriles is 1. The Bertz CT molecular complexity index is 929. The number of amides is 1. The second-order valence-electron chi connectivity index (χ2n) is 5.53. The number of carbonyl (C=O) groups excluding carboxylic acids is 1. The van der Waals surface area contributed by atoms with Crippen molar-refractivity contribution in [1.82, 2.24) is 4.98 Å². The van der Waals surface area contributed by atoms with Crippen molar-refractivity contribution in [1.29, 1.82) is 5.26 Å². The first-order valence-electron chi connectivity index (χ1n) is 7.85. The maximum absolute atomic E-state index is 12.9. The molecule has 26 heavy (non-hydrogen) atoms. The number of carbonyl (C=O) groups is 1. The Morgan fingerprint density at radius 1 is 1.15 bits per heavy atom. The first-order chi connectivity index (χ1) is 12.6. The molecule has 0 unspecified atom stereocenters. The van der Waals surface area contributed by atoms with Gasteiger partial charge >= 0.3 is 0 Å². The molecule has 5 nitrogen and oxygen atoms in total. The molecule has 0 bridgehead atoms. The summed E-state index contributed by atoms with van der Waals surface area (Å²) in [6, 6.07) is 15.2. The van der Waals surface area contributed by atoms with Crippen LogP contribution in [-0.4, -0.2) is 17.4 Å². The summed E-state index contributed by atoms with van der Waals surface area (Å²) in [6.07, 6.45) is 2.34. The van der Waals surface area contributed by atoms with Gasteiger partial charge in [-0.05, 0) is 42.0 Å². The Morgan fingerprint density at radius 2 is 1.88 bits per heavy atom. The molecule has 0 saturated carbocycles. The Labute approximate surface area is 154 Å². The molecule has 7 heteroatoms. The van der Waals surface area contributed by atoms with E-state index in [1.165, 1.54) is 23.5 Å². The zero-order valence-corrected chi connectivity index (χ0v) is 14.5. The lowest BCUT2D eigenvalue weighted by Gasteiger charge is -2.05. The largest absolute Gasteiger partial charge is 0.376 e. The maximum Gasteiger partial charge on any atom is 0.245 e. The first-order valence-corrected chi connectivity index (χ1v) is 8.67. The number of nitrogens with one attached hydrogen (secondary N) is 2. The van der Waals surface area contributed by atoms with Crippen molar-refractivity contribution in [2.45, 2.75) is 6.42 Å². The third-order valence-corrected chi connectivity index (χ3v) is 4.47. The van der Waals surface area contributed by atoms with Gasteiger partial charge in [0.1, 0.15) is 5.82 Å². The van der Waals surface area contributed by atoms with Gasteiger partial charge in [0.25, 0.3) is 0 Å². The molecule has 0 aliphatic carbocycles. The molecule has 0 saturated heterocycles. The van der Waals surface area contributed by atoms with Crippen LogP contribution in [0.15, 0.2) is 54.7 Å².